The summed E-state index contributed by atoms with van der Waals surface area (Å²) in [6.07, 6.45) is 3.30. The van der Waals surface area contributed by atoms with Gasteiger partial charge in [0.15, 0.2) is 5.16 Å². The smallest absolute Gasteiger partial charge is 0.325 e. The highest BCUT2D eigenvalue weighted by Crippen LogP contribution is 2.16. The molecule has 0 saturated carbocycles. The van der Waals surface area contributed by atoms with Crippen molar-refractivity contribution < 1.29 is 14.3 Å². The summed E-state index contributed by atoms with van der Waals surface area (Å²) >= 11 is 4.50. The third-order valence-corrected chi connectivity index (χ3v) is 2.88. The lowest BCUT2D eigenvalue weighted by Gasteiger charge is -2.05. The fourth-order valence-corrected chi connectivity index (χ4v) is 1.63. The number of hydrogen-bond acceptors (Lipinski definition) is 6. The topological polar surface area (TPSA) is 81.2 Å². The standard InChI is InChI=1S/C9H10BrN3O3S/c1-16-6(14)4-11-8(15)7-5(10)3-12-9(13-7)17-2/h3H,4H2,1-2H3,(H,11,15). The number of amides is 1. The second kappa shape index (κ2) is 6.55. The monoisotopic (exact) mass is 319 g/mol. The molecule has 1 amide bonds. The number of methoxy groups -OCH3 is 1. The first-order valence-electron chi connectivity index (χ1n) is 4.50. The van der Waals surface area contributed by atoms with Crippen molar-refractivity contribution >= 4 is 39.6 Å². The van der Waals surface area contributed by atoms with Crippen LogP contribution in [-0.2, 0) is 9.53 Å². The van der Waals surface area contributed by atoms with E-state index >= 15 is 0 Å². The zero-order valence-corrected chi connectivity index (χ0v) is 11.6. The van der Waals surface area contributed by atoms with Crippen LogP contribution in [0, 0.1) is 0 Å². The van der Waals surface area contributed by atoms with Crippen molar-refractivity contribution in [3.63, 3.8) is 0 Å². The molecule has 6 nitrogen and oxygen atoms in total. The van der Waals surface area contributed by atoms with Crippen LogP contribution in [0.3, 0.4) is 0 Å². The Morgan fingerprint density at radius 2 is 2.29 bits per heavy atom. The highest BCUT2D eigenvalue weighted by molar-refractivity contribution is 9.10. The SMILES string of the molecule is COC(=O)CNC(=O)c1nc(SC)ncc1Br. The molecule has 0 radical (unpaired) electrons. The molecule has 1 aromatic rings. The second-order valence-corrected chi connectivity index (χ2v) is 4.44. The van der Waals surface area contributed by atoms with E-state index in [1.807, 2.05) is 0 Å². The van der Waals surface area contributed by atoms with Crippen molar-refractivity contribution in [3.8, 4) is 0 Å². The van der Waals surface area contributed by atoms with E-state index in [-0.39, 0.29) is 12.2 Å². The molecule has 0 aromatic carbocycles. The van der Waals surface area contributed by atoms with Gasteiger partial charge in [-0.2, -0.15) is 0 Å². The van der Waals surface area contributed by atoms with Gasteiger partial charge >= 0.3 is 5.97 Å². The van der Waals surface area contributed by atoms with Gasteiger partial charge in [0.05, 0.1) is 11.6 Å². The van der Waals surface area contributed by atoms with E-state index in [9.17, 15) is 9.59 Å². The minimum atomic E-state index is -0.520. The van der Waals surface area contributed by atoms with E-state index in [1.54, 1.807) is 6.26 Å². The van der Waals surface area contributed by atoms with Gasteiger partial charge in [0.2, 0.25) is 0 Å². The normalized spacial score (nSPS) is 9.82. The van der Waals surface area contributed by atoms with Crippen molar-refractivity contribution in [2.75, 3.05) is 19.9 Å². The molecule has 1 rings (SSSR count). The van der Waals surface area contributed by atoms with Gasteiger partial charge in [-0.25, -0.2) is 9.97 Å². The summed E-state index contributed by atoms with van der Waals surface area (Å²) in [5.41, 5.74) is 0.188. The van der Waals surface area contributed by atoms with E-state index in [0.29, 0.717) is 9.63 Å². The highest BCUT2D eigenvalue weighted by atomic mass is 79.9. The molecule has 0 aliphatic heterocycles. The number of nitrogens with one attached hydrogen (secondary N) is 1. The summed E-state index contributed by atoms with van der Waals surface area (Å²) in [6, 6.07) is 0. The summed E-state index contributed by atoms with van der Waals surface area (Å²) in [5, 5.41) is 2.88. The van der Waals surface area contributed by atoms with Crippen LogP contribution in [0.2, 0.25) is 0 Å². The fraction of sp³-hybridized carbons (Fsp3) is 0.333. The molecule has 0 atom stereocenters. The first kappa shape index (κ1) is 13.9. The second-order valence-electron chi connectivity index (χ2n) is 2.81. The van der Waals surface area contributed by atoms with Gasteiger partial charge in [-0.1, -0.05) is 11.8 Å². The molecule has 0 spiro atoms. The average molecular weight is 320 g/mol. The van der Waals surface area contributed by atoms with Crippen molar-refractivity contribution in [2.45, 2.75) is 5.16 Å². The number of halogens is 1. The van der Waals surface area contributed by atoms with Gasteiger partial charge in [-0.15, -0.1) is 0 Å². The van der Waals surface area contributed by atoms with Gasteiger partial charge in [0, 0.05) is 6.20 Å². The van der Waals surface area contributed by atoms with Crippen LogP contribution in [0.5, 0.6) is 0 Å². The molecule has 0 unspecified atom stereocenters. The highest BCUT2D eigenvalue weighted by Gasteiger charge is 2.14. The van der Waals surface area contributed by atoms with E-state index in [2.05, 4.69) is 36.0 Å². The Kier molecular flexibility index (Phi) is 5.36. The minimum Gasteiger partial charge on any atom is -0.468 e. The van der Waals surface area contributed by atoms with Gasteiger partial charge in [0.25, 0.3) is 5.91 Å². The Bertz CT molecular complexity index is 441. The summed E-state index contributed by atoms with van der Waals surface area (Å²) in [5.74, 6) is -0.978. The van der Waals surface area contributed by atoms with Crippen LogP contribution in [0.1, 0.15) is 10.5 Å². The van der Waals surface area contributed by atoms with Crippen molar-refractivity contribution in [1.29, 1.82) is 0 Å². The van der Waals surface area contributed by atoms with Crippen LogP contribution >= 0.6 is 27.7 Å². The lowest BCUT2D eigenvalue weighted by molar-refractivity contribution is -0.139. The molecule has 92 valence electrons. The first-order valence-corrected chi connectivity index (χ1v) is 6.51. The maximum absolute atomic E-state index is 11.7. The van der Waals surface area contributed by atoms with Crippen molar-refractivity contribution in [3.05, 3.63) is 16.4 Å². The molecule has 17 heavy (non-hydrogen) atoms. The number of hydrogen-bond donors (Lipinski definition) is 1. The molecule has 8 heteroatoms. The Hall–Kier alpha value is -1.15. The molecule has 0 fully saturated rings. The third kappa shape index (κ3) is 3.97. The number of nitrogens with zero attached hydrogens (tertiary/aromatic N) is 2. The van der Waals surface area contributed by atoms with E-state index in [1.165, 1.54) is 25.1 Å². The Balaban J connectivity index is 2.77. The molecule has 1 aromatic heterocycles. The molecule has 0 aliphatic rings. The number of carbonyl (C=O) groups excluding carboxylic acids is 2. The minimum absolute atomic E-state index is 0.188. The summed E-state index contributed by atoms with van der Waals surface area (Å²) in [7, 11) is 1.25. The Morgan fingerprint density at radius 1 is 1.59 bits per heavy atom. The average Bonchev–Trinajstić information content (AvgIpc) is 2.36. The molecule has 0 bridgehead atoms. The molecular formula is C9H10BrN3O3S. The van der Waals surface area contributed by atoms with Crippen molar-refractivity contribution in [1.82, 2.24) is 15.3 Å². The Morgan fingerprint density at radius 3 is 2.88 bits per heavy atom. The summed E-state index contributed by atoms with van der Waals surface area (Å²) < 4.78 is 4.88. The zero-order valence-electron chi connectivity index (χ0n) is 9.19. The van der Waals surface area contributed by atoms with Crippen LogP contribution in [0.25, 0.3) is 0 Å². The fourth-order valence-electron chi connectivity index (χ4n) is 0.917. The number of aromatic nitrogens is 2. The van der Waals surface area contributed by atoms with Gasteiger partial charge < -0.3 is 10.1 Å². The molecule has 1 N–H and O–H groups in total. The summed E-state index contributed by atoms with van der Waals surface area (Å²) in [4.78, 5) is 30.6. The quantitative estimate of drug-likeness (QED) is 0.503. The van der Waals surface area contributed by atoms with Crippen LogP contribution in [0.15, 0.2) is 15.8 Å². The maximum Gasteiger partial charge on any atom is 0.325 e. The van der Waals surface area contributed by atoms with Crippen molar-refractivity contribution in [2.24, 2.45) is 0 Å². The number of rotatable bonds is 4. The van der Waals surface area contributed by atoms with E-state index in [4.69, 9.17) is 0 Å². The third-order valence-electron chi connectivity index (χ3n) is 1.74. The lowest BCUT2D eigenvalue weighted by Crippen LogP contribution is -2.31. The molecule has 0 aliphatic carbocycles. The number of esters is 1. The molecular weight excluding hydrogens is 310 g/mol. The van der Waals surface area contributed by atoms with E-state index < -0.39 is 11.9 Å². The summed E-state index contributed by atoms with van der Waals surface area (Å²) in [6.45, 7) is -0.194. The van der Waals surface area contributed by atoms with Crippen LogP contribution in [0.4, 0.5) is 0 Å². The van der Waals surface area contributed by atoms with Gasteiger partial charge in [-0.05, 0) is 22.2 Å². The zero-order chi connectivity index (χ0) is 12.8. The number of ether oxygens (including phenoxy) is 1. The van der Waals surface area contributed by atoms with Gasteiger partial charge in [-0.3, -0.25) is 9.59 Å². The van der Waals surface area contributed by atoms with Crippen LogP contribution < -0.4 is 5.32 Å². The number of carbonyl (C=O) groups is 2. The van der Waals surface area contributed by atoms with Crippen LogP contribution in [-0.4, -0.2) is 41.8 Å². The molecule has 0 saturated heterocycles. The molecule has 1 heterocycles. The Labute approximate surface area is 111 Å². The maximum atomic E-state index is 11.7. The first-order chi connectivity index (χ1) is 8.08. The lowest BCUT2D eigenvalue weighted by atomic mass is 10.4. The largest absolute Gasteiger partial charge is 0.468 e. The predicted molar refractivity (Wildman–Crippen MR) is 65.9 cm³/mol. The van der Waals surface area contributed by atoms with Gasteiger partial charge in [0.1, 0.15) is 12.2 Å². The predicted octanol–water partition coefficient (Wildman–Crippen LogP) is 0.864. The number of thioether (sulfide) groups is 1. The van der Waals surface area contributed by atoms with E-state index in [0.717, 1.165) is 0 Å².